The maximum Gasteiger partial charge on any atom is 0.240 e. The smallest absolute Gasteiger partial charge is 0.240 e. The molecule has 0 unspecified atom stereocenters. The molecule has 0 aliphatic carbocycles. The normalized spacial score (nSPS) is 16.7. The molecule has 3 aromatic heterocycles. The molecule has 7 nitrogen and oxygen atoms in total. The first-order valence-corrected chi connectivity index (χ1v) is 10.5. The van der Waals surface area contributed by atoms with Gasteiger partial charge in [-0.05, 0) is 57.5 Å². The maximum atomic E-state index is 12.5. The number of nitrogens with one attached hydrogen (secondary N) is 2. The summed E-state index contributed by atoms with van der Waals surface area (Å²) < 4.78 is 0. The van der Waals surface area contributed by atoms with E-state index in [2.05, 4.69) is 25.5 Å². The van der Waals surface area contributed by atoms with E-state index in [0.29, 0.717) is 11.7 Å². The molecule has 4 rings (SSSR count). The number of nitrogens with zero attached hydrogens (tertiary/aromatic N) is 4. The Morgan fingerprint density at radius 1 is 1.17 bits per heavy atom. The highest BCUT2D eigenvalue weighted by Crippen LogP contribution is 2.31. The average Bonchev–Trinajstić information content (AvgIpc) is 3.31. The van der Waals surface area contributed by atoms with Crippen molar-refractivity contribution in [3.05, 3.63) is 58.9 Å². The van der Waals surface area contributed by atoms with Crippen LogP contribution in [-0.2, 0) is 4.79 Å². The lowest BCUT2D eigenvalue weighted by atomic mass is 10.1. The van der Waals surface area contributed by atoms with E-state index in [1.807, 2.05) is 50.2 Å². The number of carbonyl (C=O) groups excluding carboxylic acids is 1. The number of carbonyl (C=O) groups is 1. The number of likely N-dealkylation sites (tertiary alicyclic amines) is 1. The third-order valence-electron chi connectivity index (χ3n) is 4.83. The van der Waals surface area contributed by atoms with E-state index in [1.165, 1.54) is 11.3 Å². The molecule has 3 aromatic rings. The van der Waals surface area contributed by atoms with Gasteiger partial charge in [0.2, 0.25) is 5.91 Å². The summed E-state index contributed by atoms with van der Waals surface area (Å²) in [6.45, 7) is 5.15. The molecule has 0 spiro atoms. The van der Waals surface area contributed by atoms with Gasteiger partial charge in [-0.3, -0.25) is 9.69 Å². The van der Waals surface area contributed by atoms with Gasteiger partial charge in [-0.15, -0.1) is 11.3 Å². The second-order valence-electron chi connectivity index (χ2n) is 7.19. The van der Waals surface area contributed by atoms with E-state index in [4.69, 9.17) is 4.98 Å². The molecule has 29 heavy (non-hydrogen) atoms. The van der Waals surface area contributed by atoms with Crippen LogP contribution in [0.2, 0.25) is 0 Å². The first kappa shape index (κ1) is 19.5. The Morgan fingerprint density at radius 3 is 2.72 bits per heavy atom. The van der Waals surface area contributed by atoms with Crippen LogP contribution in [0.15, 0.2) is 42.6 Å². The summed E-state index contributed by atoms with van der Waals surface area (Å²) in [5.41, 5.74) is 1.92. The SMILES string of the molecule is Cc1cccc(Nc2cccc([C@@H]3CCCN3CC(=O)Nc3ncc(C)s3)n2)n1. The molecule has 1 fully saturated rings. The van der Waals surface area contributed by atoms with Gasteiger partial charge in [0.1, 0.15) is 11.6 Å². The second kappa shape index (κ2) is 8.67. The van der Waals surface area contributed by atoms with E-state index >= 15 is 0 Å². The molecular weight excluding hydrogens is 384 g/mol. The zero-order valence-corrected chi connectivity index (χ0v) is 17.4. The number of rotatable bonds is 6. The zero-order chi connectivity index (χ0) is 20.2. The molecule has 150 valence electrons. The number of anilines is 3. The van der Waals surface area contributed by atoms with Gasteiger partial charge in [0, 0.05) is 16.8 Å². The Kier molecular flexibility index (Phi) is 5.82. The van der Waals surface area contributed by atoms with Gasteiger partial charge < -0.3 is 10.6 Å². The fraction of sp³-hybridized carbons (Fsp3) is 0.333. The quantitative estimate of drug-likeness (QED) is 0.640. The van der Waals surface area contributed by atoms with Crippen LogP contribution in [0, 0.1) is 13.8 Å². The van der Waals surface area contributed by atoms with Crippen LogP contribution in [0.3, 0.4) is 0 Å². The monoisotopic (exact) mass is 408 g/mol. The Labute approximate surface area is 174 Å². The van der Waals surface area contributed by atoms with Crippen molar-refractivity contribution in [2.75, 3.05) is 23.7 Å². The fourth-order valence-corrected chi connectivity index (χ4v) is 4.24. The topological polar surface area (TPSA) is 83.0 Å². The number of aryl methyl sites for hydroxylation is 2. The minimum atomic E-state index is -0.0375. The van der Waals surface area contributed by atoms with Crippen molar-refractivity contribution in [1.82, 2.24) is 19.9 Å². The first-order chi connectivity index (χ1) is 14.1. The summed E-state index contributed by atoms with van der Waals surface area (Å²) in [5, 5.41) is 6.82. The van der Waals surface area contributed by atoms with Crippen LogP contribution in [-0.4, -0.2) is 38.8 Å². The number of aromatic nitrogens is 3. The number of pyridine rings is 2. The van der Waals surface area contributed by atoms with E-state index in [1.54, 1.807) is 6.20 Å². The highest BCUT2D eigenvalue weighted by atomic mass is 32.1. The fourth-order valence-electron chi connectivity index (χ4n) is 3.56. The van der Waals surface area contributed by atoms with Crippen LogP contribution in [0.25, 0.3) is 0 Å². The van der Waals surface area contributed by atoms with E-state index in [9.17, 15) is 4.79 Å². The number of amides is 1. The molecule has 1 amide bonds. The van der Waals surface area contributed by atoms with Gasteiger partial charge in [0.25, 0.3) is 0 Å². The van der Waals surface area contributed by atoms with Gasteiger partial charge in [0.05, 0.1) is 18.3 Å². The van der Waals surface area contributed by atoms with Crippen LogP contribution in [0.5, 0.6) is 0 Å². The highest BCUT2D eigenvalue weighted by Gasteiger charge is 2.29. The Morgan fingerprint density at radius 2 is 1.97 bits per heavy atom. The molecule has 0 aromatic carbocycles. The minimum Gasteiger partial charge on any atom is -0.325 e. The second-order valence-corrected chi connectivity index (χ2v) is 8.42. The Balaban J connectivity index is 1.43. The highest BCUT2D eigenvalue weighted by molar-refractivity contribution is 7.15. The lowest BCUT2D eigenvalue weighted by Gasteiger charge is -2.23. The zero-order valence-electron chi connectivity index (χ0n) is 16.6. The lowest BCUT2D eigenvalue weighted by molar-refractivity contribution is -0.117. The molecule has 0 bridgehead atoms. The molecule has 1 atom stereocenters. The largest absolute Gasteiger partial charge is 0.325 e. The van der Waals surface area contributed by atoms with Crippen LogP contribution < -0.4 is 10.6 Å². The van der Waals surface area contributed by atoms with Crippen molar-refractivity contribution in [3.63, 3.8) is 0 Å². The molecule has 1 saturated heterocycles. The van der Waals surface area contributed by atoms with Crippen molar-refractivity contribution in [1.29, 1.82) is 0 Å². The van der Waals surface area contributed by atoms with Gasteiger partial charge >= 0.3 is 0 Å². The van der Waals surface area contributed by atoms with Crippen molar-refractivity contribution in [2.45, 2.75) is 32.7 Å². The van der Waals surface area contributed by atoms with E-state index in [-0.39, 0.29) is 11.9 Å². The molecule has 0 radical (unpaired) electrons. The maximum absolute atomic E-state index is 12.5. The molecule has 1 aliphatic heterocycles. The van der Waals surface area contributed by atoms with Gasteiger partial charge in [-0.25, -0.2) is 15.0 Å². The summed E-state index contributed by atoms with van der Waals surface area (Å²) in [7, 11) is 0. The molecule has 8 heteroatoms. The van der Waals surface area contributed by atoms with Gasteiger partial charge in [-0.2, -0.15) is 0 Å². The third kappa shape index (κ3) is 4.96. The average molecular weight is 409 g/mol. The van der Waals surface area contributed by atoms with E-state index in [0.717, 1.165) is 47.3 Å². The summed E-state index contributed by atoms with van der Waals surface area (Å²) >= 11 is 1.49. The van der Waals surface area contributed by atoms with Crippen LogP contribution in [0.4, 0.5) is 16.8 Å². The predicted molar refractivity (Wildman–Crippen MR) is 116 cm³/mol. The summed E-state index contributed by atoms with van der Waals surface area (Å²) in [6, 6.07) is 11.9. The number of hydrogen-bond donors (Lipinski definition) is 2. The van der Waals surface area contributed by atoms with Crippen LogP contribution >= 0.6 is 11.3 Å². The third-order valence-corrected chi connectivity index (χ3v) is 5.66. The van der Waals surface area contributed by atoms with Gasteiger partial charge in [0.15, 0.2) is 5.13 Å². The van der Waals surface area contributed by atoms with Crippen LogP contribution in [0.1, 0.15) is 35.1 Å². The molecular formula is C21H24N6OS. The minimum absolute atomic E-state index is 0.0375. The molecule has 2 N–H and O–H groups in total. The van der Waals surface area contributed by atoms with Crippen molar-refractivity contribution < 1.29 is 4.79 Å². The summed E-state index contributed by atoms with van der Waals surface area (Å²) in [4.78, 5) is 29.2. The van der Waals surface area contributed by atoms with Crippen molar-refractivity contribution >= 4 is 34.0 Å². The summed E-state index contributed by atoms with van der Waals surface area (Å²) in [5.74, 6) is 1.50. The first-order valence-electron chi connectivity index (χ1n) is 9.71. The summed E-state index contributed by atoms with van der Waals surface area (Å²) in [6.07, 6.45) is 3.81. The van der Waals surface area contributed by atoms with Gasteiger partial charge in [-0.1, -0.05) is 12.1 Å². The standard InChI is InChI=1S/C21H24N6OS/c1-14-6-3-9-18(23-14)25-19-10-4-7-16(24-19)17-8-5-11-27(17)13-20(28)26-21-22-12-15(2)29-21/h3-4,6-7,9-10,12,17H,5,8,11,13H2,1-2H3,(H,22,26,28)(H,23,24,25)/t17-/m0/s1. The molecule has 0 saturated carbocycles. The van der Waals surface area contributed by atoms with Crippen molar-refractivity contribution in [2.24, 2.45) is 0 Å². The number of thiazole rings is 1. The molecule has 1 aliphatic rings. The molecule has 4 heterocycles. The number of hydrogen-bond acceptors (Lipinski definition) is 7. The van der Waals surface area contributed by atoms with Crippen molar-refractivity contribution in [3.8, 4) is 0 Å². The predicted octanol–water partition coefficient (Wildman–Crippen LogP) is 4.07. The Hall–Kier alpha value is -2.84. The van der Waals surface area contributed by atoms with E-state index < -0.39 is 0 Å². The Bertz CT molecular complexity index is 1000. The lowest BCUT2D eigenvalue weighted by Crippen LogP contribution is -2.33.